The molecule has 2 N–H and O–H groups in total. The van der Waals surface area contributed by atoms with E-state index in [0.29, 0.717) is 6.42 Å². The van der Waals surface area contributed by atoms with Gasteiger partial charge in [0.15, 0.2) is 5.50 Å². The molecule has 27 heavy (non-hydrogen) atoms. The fourth-order valence-corrected chi connectivity index (χ4v) is 3.30. The van der Waals surface area contributed by atoms with Gasteiger partial charge >= 0.3 is 6.09 Å². The Morgan fingerprint density at radius 3 is 2.22 bits per heavy atom. The summed E-state index contributed by atoms with van der Waals surface area (Å²) in [6.45, 7) is 1.52. The number of hydrogen-bond donors (Lipinski definition) is 2. The van der Waals surface area contributed by atoms with Crippen molar-refractivity contribution in [3.8, 4) is 0 Å². The Labute approximate surface area is 162 Å². The molecule has 3 atom stereocenters. The van der Waals surface area contributed by atoms with Crippen LogP contribution in [0.3, 0.4) is 0 Å². The van der Waals surface area contributed by atoms with Crippen molar-refractivity contribution in [1.29, 1.82) is 0 Å². The van der Waals surface area contributed by atoms with Gasteiger partial charge in [-0.25, -0.2) is 9.18 Å². The van der Waals surface area contributed by atoms with Gasteiger partial charge < -0.3 is 15.4 Å². The van der Waals surface area contributed by atoms with Crippen molar-refractivity contribution in [1.82, 2.24) is 10.6 Å². The lowest BCUT2D eigenvalue weighted by molar-refractivity contribution is -0.123. The van der Waals surface area contributed by atoms with E-state index in [2.05, 4.69) is 15.4 Å². The number of halogens is 1. The topological polar surface area (TPSA) is 67.4 Å². The maximum absolute atomic E-state index is 15.0. The summed E-state index contributed by atoms with van der Waals surface area (Å²) in [6.07, 6.45) is -0.383. The molecule has 5 nitrogen and oxygen atoms in total. The highest BCUT2D eigenvalue weighted by atomic mass is 32.2. The van der Waals surface area contributed by atoms with Crippen LogP contribution in [0.1, 0.15) is 12.5 Å². The lowest BCUT2D eigenvalue weighted by atomic mass is 10.1. The fourth-order valence-electron chi connectivity index (χ4n) is 2.40. The fraction of sp³-hybridized carbons (Fsp3) is 0.300. The number of nitrogens with one attached hydrogen (secondary N) is 2. The van der Waals surface area contributed by atoms with Gasteiger partial charge in [-0.3, -0.25) is 4.79 Å². The Balaban J connectivity index is 2.08. The number of alkyl halides is 1. The maximum atomic E-state index is 15.0. The van der Waals surface area contributed by atoms with Crippen LogP contribution < -0.4 is 10.6 Å². The number of amides is 2. The van der Waals surface area contributed by atoms with Crippen LogP contribution in [0.25, 0.3) is 0 Å². The number of hydrogen-bond acceptors (Lipinski definition) is 4. The Morgan fingerprint density at radius 2 is 1.63 bits per heavy atom. The van der Waals surface area contributed by atoms with Crippen LogP contribution in [-0.4, -0.2) is 36.7 Å². The summed E-state index contributed by atoms with van der Waals surface area (Å²) in [4.78, 5) is 24.5. The molecule has 0 spiro atoms. The van der Waals surface area contributed by atoms with E-state index in [9.17, 15) is 9.59 Å². The highest BCUT2D eigenvalue weighted by Crippen LogP contribution is 2.27. The van der Waals surface area contributed by atoms with Gasteiger partial charge in [-0.2, -0.15) is 0 Å². The second-order valence-electron chi connectivity index (χ2n) is 5.94. The van der Waals surface area contributed by atoms with Crippen molar-refractivity contribution in [2.24, 2.45) is 0 Å². The molecule has 2 amide bonds. The molecule has 0 bridgehead atoms. The predicted octanol–water partition coefficient (Wildman–Crippen LogP) is 3.55. The van der Waals surface area contributed by atoms with Crippen LogP contribution in [0, 0.1) is 0 Å². The summed E-state index contributed by atoms with van der Waals surface area (Å²) >= 11 is 1.05. The molecule has 2 rings (SSSR count). The molecule has 2 aromatic rings. The molecule has 0 radical (unpaired) electrons. The molecule has 0 saturated carbocycles. The highest BCUT2D eigenvalue weighted by molar-refractivity contribution is 7.99. The van der Waals surface area contributed by atoms with Gasteiger partial charge in [0, 0.05) is 4.90 Å². The summed E-state index contributed by atoms with van der Waals surface area (Å²) < 4.78 is 19.5. The van der Waals surface area contributed by atoms with E-state index < -0.39 is 29.6 Å². The third-order valence-electron chi connectivity index (χ3n) is 3.85. The first kappa shape index (κ1) is 20.8. The zero-order valence-corrected chi connectivity index (χ0v) is 16.0. The lowest BCUT2D eigenvalue weighted by Crippen LogP contribution is -2.50. The van der Waals surface area contributed by atoms with E-state index in [1.807, 2.05) is 60.7 Å². The van der Waals surface area contributed by atoms with E-state index in [4.69, 9.17) is 0 Å². The zero-order valence-electron chi connectivity index (χ0n) is 15.2. The van der Waals surface area contributed by atoms with Gasteiger partial charge in [-0.05, 0) is 31.0 Å². The van der Waals surface area contributed by atoms with E-state index in [1.165, 1.54) is 14.0 Å². The molecule has 144 valence electrons. The predicted molar refractivity (Wildman–Crippen MR) is 104 cm³/mol. The van der Waals surface area contributed by atoms with Gasteiger partial charge in [-0.15, -0.1) is 0 Å². The molecule has 0 aliphatic rings. The van der Waals surface area contributed by atoms with Crippen molar-refractivity contribution in [2.45, 2.75) is 35.8 Å². The molecule has 0 aliphatic carbocycles. The number of rotatable bonds is 8. The normalized spacial score (nSPS) is 13.9. The van der Waals surface area contributed by atoms with E-state index in [0.717, 1.165) is 22.2 Å². The van der Waals surface area contributed by atoms with Crippen LogP contribution >= 0.6 is 11.8 Å². The average Bonchev–Trinajstić information content (AvgIpc) is 2.68. The van der Waals surface area contributed by atoms with Crippen LogP contribution in [-0.2, 0) is 16.0 Å². The molecular formula is C20H23FN2O3S. The molecule has 0 heterocycles. The number of carbonyl (C=O) groups excluding carboxylic acids is 2. The van der Waals surface area contributed by atoms with Gasteiger partial charge in [-0.1, -0.05) is 60.3 Å². The summed E-state index contributed by atoms with van der Waals surface area (Å²) in [5, 5.41) is 5.09. The number of alkyl carbamates (subject to hydrolysis) is 1. The van der Waals surface area contributed by atoms with Crippen LogP contribution in [0.2, 0.25) is 0 Å². The number of methoxy groups -OCH3 is 1. The minimum Gasteiger partial charge on any atom is -0.453 e. The van der Waals surface area contributed by atoms with Crippen LogP contribution in [0.4, 0.5) is 9.18 Å². The molecule has 2 aromatic carbocycles. The minimum absolute atomic E-state index is 0.332. The summed E-state index contributed by atoms with van der Waals surface area (Å²) in [5.74, 6) is -0.474. The van der Waals surface area contributed by atoms with Crippen molar-refractivity contribution < 1.29 is 18.7 Å². The largest absolute Gasteiger partial charge is 0.453 e. The SMILES string of the molecule is COC(=O)N[C@@H](C)C(=O)N[C@@H](Cc1ccccc1)C(F)Sc1ccccc1. The van der Waals surface area contributed by atoms with E-state index in [1.54, 1.807) is 0 Å². The van der Waals surface area contributed by atoms with Crippen molar-refractivity contribution in [2.75, 3.05) is 7.11 Å². The number of thioether (sulfide) groups is 1. The first-order valence-electron chi connectivity index (χ1n) is 8.54. The molecule has 0 aromatic heterocycles. The molecule has 0 saturated heterocycles. The zero-order chi connectivity index (χ0) is 19.6. The van der Waals surface area contributed by atoms with Gasteiger partial charge in [0.05, 0.1) is 13.2 Å². The Hall–Kier alpha value is -2.54. The third kappa shape index (κ3) is 6.94. The Bertz CT molecular complexity index is 731. The maximum Gasteiger partial charge on any atom is 0.407 e. The van der Waals surface area contributed by atoms with Crippen LogP contribution in [0.5, 0.6) is 0 Å². The van der Waals surface area contributed by atoms with Gasteiger partial charge in [0.1, 0.15) is 6.04 Å². The quantitative estimate of drug-likeness (QED) is 0.677. The molecular weight excluding hydrogens is 367 g/mol. The van der Waals surface area contributed by atoms with E-state index in [-0.39, 0.29) is 0 Å². The van der Waals surface area contributed by atoms with Gasteiger partial charge in [0.25, 0.3) is 0 Å². The van der Waals surface area contributed by atoms with Crippen molar-refractivity contribution in [3.05, 3.63) is 66.2 Å². The first-order chi connectivity index (χ1) is 13.0. The minimum atomic E-state index is -1.36. The summed E-state index contributed by atoms with van der Waals surface area (Å²) in [5.41, 5.74) is -0.449. The van der Waals surface area contributed by atoms with Crippen molar-refractivity contribution in [3.63, 3.8) is 0 Å². The number of ether oxygens (including phenoxy) is 1. The second-order valence-corrected chi connectivity index (χ2v) is 7.10. The Morgan fingerprint density at radius 1 is 1.04 bits per heavy atom. The smallest absolute Gasteiger partial charge is 0.407 e. The molecule has 0 fully saturated rings. The van der Waals surface area contributed by atoms with E-state index >= 15 is 4.39 Å². The number of carbonyl (C=O) groups is 2. The third-order valence-corrected chi connectivity index (χ3v) is 4.95. The monoisotopic (exact) mass is 390 g/mol. The summed E-state index contributed by atoms with van der Waals surface area (Å²) in [6, 6.07) is 17.0. The average molecular weight is 390 g/mol. The highest BCUT2D eigenvalue weighted by Gasteiger charge is 2.27. The molecule has 1 unspecified atom stereocenters. The van der Waals surface area contributed by atoms with Crippen LogP contribution in [0.15, 0.2) is 65.6 Å². The summed E-state index contributed by atoms with van der Waals surface area (Å²) in [7, 11) is 1.21. The van der Waals surface area contributed by atoms with Crippen molar-refractivity contribution >= 4 is 23.8 Å². The lowest BCUT2D eigenvalue weighted by Gasteiger charge is -2.24. The Kier molecular flexibility index (Phi) is 8.13. The number of benzene rings is 2. The second kappa shape index (κ2) is 10.6. The molecule has 7 heteroatoms. The molecule has 0 aliphatic heterocycles. The van der Waals surface area contributed by atoms with Gasteiger partial charge in [0.2, 0.25) is 5.91 Å². The standard InChI is InChI=1S/C20H23FN2O3S/c1-14(22-20(25)26-2)19(24)23-17(13-15-9-5-3-6-10-15)18(21)27-16-11-7-4-8-12-16/h3-12,14,17-18H,13H2,1-2H3,(H,22,25)(H,23,24)/t14-,17-,18?/m0/s1. The first-order valence-corrected chi connectivity index (χ1v) is 9.42.